The third-order valence-electron chi connectivity index (χ3n) is 6.98. The van der Waals surface area contributed by atoms with Crippen LogP contribution in [0.25, 0.3) is 17.1 Å². The molecule has 1 aromatic carbocycles. The van der Waals surface area contributed by atoms with Gasteiger partial charge in [-0.1, -0.05) is 12.1 Å². The highest BCUT2D eigenvalue weighted by Crippen LogP contribution is 2.40. The van der Waals surface area contributed by atoms with Crippen LogP contribution in [0.5, 0.6) is 0 Å². The number of nitrogens with zero attached hydrogens (tertiary/aromatic N) is 4. The second-order valence-corrected chi connectivity index (χ2v) is 9.54. The molecular formula is C25H28BrN5O. The van der Waals surface area contributed by atoms with Crippen molar-refractivity contribution in [2.75, 3.05) is 43.0 Å². The van der Waals surface area contributed by atoms with Crippen LogP contribution >= 0.6 is 15.9 Å². The van der Waals surface area contributed by atoms with E-state index in [1.54, 1.807) is 0 Å². The van der Waals surface area contributed by atoms with Gasteiger partial charge in [-0.25, -0.2) is 9.78 Å². The summed E-state index contributed by atoms with van der Waals surface area (Å²) in [5.41, 5.74) is 4.43. The molecule has 6 nitrogen and oxygen atoms in total. The summed E-state index contributed by atoms with van der Waals surface area (Å²) in [5, 5.41) is 4.58. The summed E-state index contributed by atoms with van der Waals surface area (Å²) < 4.78 is 3.60. The molecule has 1 saturated carbocycles. The van der Waals surface area contributed by atoms with Gasteiger partial charge in [-0.3, -0.25) is 0 Å². The lowest BCUT2D eigenvalue weighted by atomic mass is 9.86. The molecule has 3 aromatic rings. The van der Waals surface area contributed by atoms with E-state index in [2.05, 4.69) is 66.8 Å². The zero-order chi connectivity index (χ0) is 22.2. The molecule has 0 radical (unpaired) electrons. The van der Waals surface area contributed by atoms with Crippen molar-refractivity contribution in [1.29, 1.82) is 0 Å². The van der Waals surface area contributed by atoms with Crippen molar-refractivity contribution in [3.8, 4) is 0 Å². The number of rotatable bonds is 5. The minimum atomic E-state index is 0.512. The van der Waals surface area contributed by atoms with Gasteiger partial charge in [0.2, 0.25) is 0 Å². The Hall–Kier alpha value is -2.60. The third kappa shape index (κ3) is 3.75. The molecule has 0 bridgehead atoms. The molecule has 3 heterocycles. The SMILES string of the molecule is CNC1CC(n2c(C)c(Br)c3ccc(N4CCN(c5ccc(C=C=O)cc5)CC4)nc32)C1. The lowest BCUT2D eigenvalue weighted by Gasteiger charge is -2.38. The van der Waals surface area contributed by atoms with Crippen LogP contribution in [0.15, 0.2) is 40.9 Å². The van der Waals surface area contributed by atoms with Gasteiger partial charge in [-0.2, -0.15) is 0 Å². The van der Waals surface area contributed by atoms with Crippen LogP contribution in [-0.2, 0) is 4.79 Å². The van der Waals surface area contributed by atoms with Crippen molar-refractivity contribution < 1.29 is 4.79 Å². The Bertz CT molecular complexity index is 1170. The number of fused-ring (bicyclic) bond motifs is 1. The Labute approximate surface area is 197 Å². The number of aromatic nitrogens is 2. The average Bonchev–Trinajstić information content (AvgIpc) is 3.04. The van der Waals surface area contributed by atoms with E-state index in [1.165, 1.54) is 22.8 Å². The summed E-state index contributed by atoms with van der Waals surface area (Å²) in [7, 11) is 2.05. The highest BCUT2D eigenvalue weighted by atomic mass is 79.9. The predicted molar refractivity (Wildman–Crippen MR) is 134 cm³/mol. The number of benzene rings is 1. The van der Waals surface area contributed by atoms with Crippen molar-refractivity contribution in [3.05, 3.63) is 52.1 Å². The molecule has 2 fully saturated rings. The molecule has 0 atom stereocenters. The highest BCUT2D eigenvalue weighted by Gasteiger charge is 2.32. The standard InChI is InChI=1S/C25H28BrN5O/c1-17-24(26)22-7-8-23(28-25(22)31(17)21-15-19(16-21)27-2)30-12-10-29(11-13-30)20-5-3-18(4-6-20)9-14-32/h3-9,19,21,27H,10-13,15-16H2,1-2H3. The first-order valence-corrected chi connectivity index (χ1v) is 12.0. The van der Waals surface area contributed by atoms with E-state index in [0.717, 1.165) is 60.5 Å². The van der Waals surface area contributed by atoms with Crippen molar-refractivity contribution in [1.82, 2.24) is 14.9 Å². The molecule has 7 heteroatoms. The van der Waals surface area contributed by atoms with E-state index < -0.39 is 0 Å². The van der Waals surface area contributed by atoms with Gasteiger partial charge in [0.15, 0.2) is 0 Å². The van der Waals surface area contributed by atoms with Crippen LogP contribution in [0.1, 0.15) is 30.1 Å². The maximum absolute atomic E-state index is 10.5. The van der Waals surface area contributed by atoms with Gasteiger partial charge in [0.1, 0.15) is 17.4 Å². The molecule has 0 spiro atoms. The monoisotopic (exact) mass is 493 g/mol. The minimum Gasteiger partial charge on any atom is -0.368 e. The molecule has 2 aromatic heterocycles. The van der Waals surface area contributed by atoms with Crippen molar-refractivity contribution >= 4 is 50.5 Å². The molecule has 1 N–H and O–H groups in total. The second-order valence-electron chi connectivity index (χ2n) is 8.75. The van der Waals surface area contributed by atoms with E-state index in [1.807, 2.05) is 25.1 Å². The predicted octanol–water partition coefficient (Wildman–Crippen LogP) is 4.20. The van der Waals surface area contributed by atoms with Crippen LogP contribution in [0.2, 0.25) is 0 Å². The number of hydrogen-bond donors (Lipinski definition) is 1. The molecule has 0 unspecified atom stereocenters. The van der Waals surface area contributed by atoms with Crippen LogP contribution in [0.4, 0.5) is 11.5 Å². The molecular weight excluding hydrogens is 466 g/mol. The van der Waals surface area contributed by atoms with Gasteiger partial charge in [0.25, 0.3) is 0 Å². The van der Waals surface area contributed by atoms with Crippen molar-refractivity contribution in [2.24, 2.45) is 0 Å². The normalized spacial score (nSPS) is 20.8. The summed E-state index contributed by atoms with van der Waals surface area (Å²) in [6.07, 6.45) is 3.76. The molecule has 1 saturated heterocycles. The van der Waals surface area contributed by atoms with Crippen LogP contribution < -0.4 is 15.1 Å². The van der Waals surface area contributed by atoms with Gasteiger partial charge >= 0.3 is 0 Å². The Kier molecular flexibility index (Phi) is 5.80. The number of anilines is 2. The Morgan fingerprint density at radius 3 is 2.41 bits per heavy atom. The van der Waals surface area contributed by atoms with Crippen molar-refractivity contribution in [2.45, 2.75) is 31.8 Å². The number of pyridine rings is 1. The summed E-state index contributed by atoms with van der Waals surface area (Å²) in [5.74, 6) is 2.89. The van der Waals surface area contributed by atoms with E-state index in [0.29, 0.717) is 12.1 Å². The lowest BCUT2D eigenvalue weighted by Crippen LogP contribution is -2.46. The quantitative estimate of drug-likeness (QED) is 0.539. The van der Waals surface area contributed by atoms with Crippen LogP contribution in [0, 0.1) is 6.92 Å². The van der Waals surface area contributed by atoms with E-state index in [4.69, 9.17) is 4.98 Å². The number of carbonyl (C=O) groups excluding carboxylic acids is 1. The van der Waals surface area contributed by atoms with Crippen molar-refractivity contribution in [3.63, 3.8) is 0 Å². The largest absolute Gasteiger partial charge is 0.368 e. The number of hydrogen-bond acceptors (Lipinski definition) is 5. The fourth-order valence-electron chi connectivity index (χ4n) is 4.95. The van der Waals surface area contributed by atoms with Gasteiger partial charge < -0.3 is 19.7 Å². The van der Waals surface area contributed by atoms with E-state index in [9.17, 15) is 4.79 Å². The van der Waals surface area contributed by atoms with Gasteiger partial charge in [-0.15, -0.1) is 0 Å². The smallest absolute Gasteiger partial charge is 0.143 e. The third-order valence-corrected chi connectivity index (χ3v) is 7.98. The Morgan fingerprint density at radius 1 is 1.06 bits per heavy atom. The molecule has 1 aliphatic heterocycles. The summed E-state index contributed by atoms with van der Waals surface area (Å²) >= 11 is 3.80. The van der Waals surface area contributed by atoms with Crippen LogP contribution in [0.3, 0.4) is 0 Å². The molecule has 1 aliphatic carbocycles. The number of nitrogens with one attached hydrogen (secondary N) is 1. The zero-order valence-electron chi connectivity index (χ0n) is 18.5. The Morgan fingerprint density at radius 2 is 1.75 bits per heavy atom. The molecule has 2 aliphatic rings. The average molecular weight is 494 g/mol. The fraction of sp³-hybridized carbons (Fsp3) is 0.400. The van der Waals surface area contributed by atoms with Crippen LogP contribution in [-0.4, -0.2) is 54.8 Å². The zero-order valence-corrected chi connectivity index (χ0v) is 20.1. The first-order chi connectivity index (χ1) is 15.6. The van der Waals surface area contributed by atoms with E-state index >= 15 is 0 Å². The second kappa shape index (κ2) is 8.74. The minimum absolute atomic E-state index is 0.512. The fourth-order valence-corrected chi connectivity index (χ4v) is 5.45. The highest BCUT2D eigenvalue weighted by molar-refractivity contribution is 9.10. The number of piperazine rings is 1. The first-order valence-electron chi connectivity index (χ1n) is 11.2. The molecule has 5 rings (SSSR count). The van der Waals surface area contributed by atoms with Gasteiger partial charge in [0, 0.05) is 65.6 Å². The summed E-state index contributed by atoms with van der Waals surface area (Å²) in [6.45, 7) is 5.94. The molecule has 0 amide bonds. The molecule has 166 valence electrons. The van der Waals surface area contributed by atoms with Gasteiger partial charge in [0.05, 0.1) is 0 Å². The lowest BCUT2D eigenvalue weighted by molar-refractivity contribution is 0.238. The number of halogens is 1. The summed E-state index contributed by atoms with van der Waals surface area (Å²) in [4.78, 5) is 20.4. The first kappa shape index (κ1) is 21.3. The Balaban J connectivity index is 1.34. The van der Waals surface area contributed by atoms with Gasteiger partial charge in [-0.05, 0) is 72.6 Å². The topological polar surface area (TPSA) is 53.4 Å². The maximum atomic E-state index is 10.5. The summed E-state index contributed by atoms with van der Waals surface area (Å²) in [6, 6.07) is 13.6. The maximum Gasteiger partial charge on any atom is 0.143 e. The molecule has 32 heavy (non-hydrogen) atoms. The van der Waals surface area contributed by atoms with E-state index in [-0.39, 0.29) is 0 Å².